The normalized spacial score (nSPS) is 33.1. The van der Waals surface area contributed by atoms with E-state index in [9.17, 15) is 4.79 Å². The first-order chi connectivity index (χ1) is 7.86. The monoisotopic (exact) mass is 223 g/mol. The first kappa shape index (κ1) is 10.5. The largest absolute Gasteiger partial charge is 0.315 e. The number of carbonyl (C=O) groups excluding carboxylic acids is 1. The predicted molar refractivity (Wildman–Crippen MR) is 61.7 cm³/mol. The summed E-state index contributed by atoms with van der Waals surface area (Å²) in [6.07, 6.45) is 6.82. The molecule has 2 saturated heterocycles. The van der Waals surface area contributed by atoms with Gasteiger partial charge in [-0.25, -0.2) is 5.01 Å². The summed E-state index contributed by atoms with van der Waals surface area (Å²) in [5.41, 5.74) is 0. The number of hydrogen-bond acceptors (Lipinski definition) is 3. The molecule has 4 nitrogen and oxygen atoms in total. The maximum Gasteiger partial charge on any atom is 0.237 e. The summed E-state index contributed by atoms with van der Waals surface area (Å²) in [7, 11) is 0. The number of nitrogens with zero attached hydrogens (tertiary/aromatic N) is 2. The van der Waals surface area contributed by atoms with Gasteiger partial charge in [0.05, 0.1) is 6.04 Å². The molecule has 1 aliphatic carbocycles. The Hall–Kier alpha value is -0.610. The highest BCUT2D eigenvalue weighted by atomic mass is 16.2. The lowest BCUT2D eigenvalue weighted by Crippen LogP contribution is -2.60. The van der Waals surface area contributed by atoms with Crippen LogP contribution in [-0.4, -0.2) is 47.6 Å². The van der Waals surface area contributed by atoms with Gasteiger partial charge in [0.15, 0.2) is 0 Å². The van der Waals surface area contributed by atoms with Crippen LogP contribution in [0.3, 0.4) is 0 Å². The molecule has 1 amide bonds. The van der Waals surface area contributed by atoms with Gasteiger partial charge in [0.1, 0.15) is 0 Å². The Morgan fingerprint density at radius 1 is 1.12 bits per heavy atom. The summed E-state index contributed by atoms with van der Waals surface area (Å²) >= 11 is 0. The third-order valence-corrected chi connectivity index (χ3v) is 4.19. The Bertz CT molecular complexity index is 271. The van der Waals surface area contributed by atoms with Gasteiger partial charge in [-0.3, -0.25) is 9.80 Å². The summed E-state index contributed by atoms with van der Waals surface area (Å²) in [6, 6.07) is 1.08. The van der Waals surface area contributed by atoms with E-state index in [1.807, 2.05) is 0 Å². The van der Waals surface area contributed by atoms with Crippen molar-refractivity contribution in [1.29, 1.82) is 0 Å². The fourth-order valence-corrected chi connectivity index (χ4v) is 3.06. The van der Waals surface area contributed by atoms with Crippen LogP contribution >= 0.6 is 0 Å². The predicted octanol–water partition coefficient (Wildman–Crippen LogP) is 0.740. The van der Waals surface area contributed by atoms with Gasteiger partial charge in [0, 0.05) is 25.6 Å². The van der Waals surface area contributed by atoms with Crippen LogP contribution in [0.2, 0.25) is 0 Å². The highest BCUT2D eigenvalue weighted by Gasteiger charge is 2.38. The zero-order valence-electron chi connectivity index (χ0n) is 9.82. The minimum atomic E-state index is 0.354. The van der Waals surface area contributed by atoms with E-state index in [0.717, 1.165) is 38.9 Å². The second-order valence-electron chi connectivity index (χ2n) is 5.24. The Labute approximate surface area is 96.9 Å². The maximum absolute atomic E-state index is 12.1. The topological polar surface area (TPSA) is 35.6 Å². The molecule has 1 saturated carbocycles. The zero-order chi connectivity index (χ0) is 11.0. The summed E-state index contributed by atoms with van der Waals surface area (Å²) in [6.45, 7) is 3.13. The van der Waals surface area contributed by atoms with Gasteiger partial charge in [-0.15, -0.1) is 0 Å². The van der Waals surface area contributed by atoms with Gasteiger partial charge in [0.2, 0.25) is 5.91 Å². The Kier molecular flexibility index (Phi) is 2.86. The zero-order valence-corrected chi connectivity index (χ0v) is 9.82. The van der Waals surface area contributed by atoms with Crippen molar-refractivity contribution in [3.8, 4) is 0 Å². The van der Waals surface area contributed by atoms with Crippen molar-refractivity contribution in [2.24, 2.45) is 0 Å². The van der Waals surface area contributed by atoms with Crippen LogP contribution in [0.5, 0.6) is 0 Å². The second kappa shape index (κ2) is 4.34. The van der Waals surface area contributed by atoms with Crippen LogP contribution in [-0.2, 0) is 4.79 Å². The molecule has 3 fully saturated rings. The molecule has 1 N–H and O–H groups in total. The van der Waals surface area contributed by atoms with Crippen molar-refractivity contribution >= 4 is 5.91 Å². The molecule has 0 spiro atoms. The molecule has 0 aromatic heterocycles. The van der Waals surface area contributed by atoms with Crippen LogP contribution in [0.1, 0.15) is 38.5 Å². The molecule has 1 atom stereocenters. The van der Waals surface area contributed by atoms with Crippen LogP contribution in [0.25, 0.3) is 0 Å². The van der Waals surface area contributed by atoms with Crippen molar-refractivity contribution in [2.45, 2.75) is 50.6 Å². The fourth-order valence-electron chi connectivity index (χ4n) is 3.06. The average molecular weight is 223 g/mol. The molecule has 2 heterocycles. The molecule has 3 rings (SSSR count). The molecule has 0 radical (unpaired) electrons. The van der Waals surface area contributed by atoms with E-state index in [2.05, 4.69) is 15.3 Å². The van der Waals surface area contributed by atoms with Crippen molar-refractivity contribution < 1.29 is 4.79 Å². The minimum Gasteiger partial charge on any atom is -0.315 e. The first-order valence-electron chi connectivity index (χ1n) is 6.65. The number of hydrogen-bond donors (Lipinski definition) is 1. The number of hydrazine groups is 1. The first-order valence-corrected chi connectivity index (χ1v) is 6.65. The van der Waals surface area contributed by atoms with E-state index in [1.165, 1.54) is 19.3 Å². The molecule has 0 aromatic carbocycles. The number of carbonyl (C=O) groups is 1. The van der Waals surface area contributed by atoms with Gasteiger partial charge in [-0.05, 0) is 32.2 Å². The van der Waals surface area contributed by atoms with Gasteiger partial charge in [-0.1, -0.05) is 6.42 Å². The average Bonchev–Trinajstić information content (AvgIpc) is 2.68. The van der Waals surface area contributed by atoms with E-state index in [4.69, 9.17) is 0 Å². The molecule has 16 heavy (non-hydrogen) atoms. The van der Waals surface area contributed by atoms with Gasteiger partial charge in [-0.2, -0.15) is 0 Å². The summed E-state index contributed by atoms with van der Waals surface area (Å²) in [5, 5.41) is 7.85. The quantitative estimate of drug-likeness (QED) is 0.750. The number of amides is 1. The third kappa shape index (κ3) is 1.74. The van der Waals surface area contributed by atoms with Crippen molar-refractivity contribution in [3.05, 3.63) is 0 Å². The Balaban J connectivity index is 1.74. The van der Waals surface area contributed by atoms with Crippen LogP contribution in [0.4, 0.5) is 0 Å². The van der Waals surface area contributed by atoms with Crippen molar-refractivity contribution in [2.75, 3.05) is 19.6 Å². The minimum absolute atomic E-state index is 0.354. The Morgan fingerprint density at radius 3 is 2.62 bits per heavy atom. The highest BCUT2D eigenvalue weighted by molar-refractivity contribution is 5.76. The van der Waals surface area contributed by atoms with E-state index in [-0.39, 0.29) is 0 Å². The molecule has 4 heteroatoms. The van der Waals surface area contributed by atoms with Crippen LogP contribution in [0, 0.1) is 0 Å². The summed E-state index contributed by atoms with van der Waals surface area (Å²) in [5.74, 6) is 0.354. The Morgan fingerprint density at radius 2 is 2.00 bits per heavy atom. The molecule has 90 valence electrons. The molecule has 3 aliphatic rings. The summed E-state index contributed by atoms with van der Waals surface area (Å²) in [4.78, 5) is 12.1. The van der Waals surface area contributed by atoms with Gasteiger partial charge < -0.3 is 5.32 Å². The smallest absolute Gasteiger partial charge is 0.237 e. The van der Waals surface area contributed by atoms with Gasteiger partial charge >= 0.3 is 0 Å². The molecule has 0 bridgehead atoms. The third-order valence-electron chi connectivity index (χ3n) is 4.19. The lowest BCUT2D eigenvalue weighted by molar-refractivity contribution is -0.173. The molecular weight excluding hydrogens is 202 g/mol. The van der Waals surface area contributed by atoms with E-state index in [1.54, 1.807) is 0 Å². The molecule has 2 aliphatic heterocycles. The standard InChI is InChI=1S/C12H21N3O/c16-12-5-2-8-14(10-3-1-4-10)15(12)11-6-7-13-9-11/h10-11,13H,1-9H2. The van der Waals surface area contributed by atoms with Crippen LogP contribution < -0.4 is 5.32 Å². The number of nitrogens with one attached hydrogen (secondary N) is 1. The lowest BCUT2D eigenvalue weighted by atomic mass is 9.91. The van der Waals surface area contributed by atoms with E-state index >= 15 is 0 Å². The second-order valence-corrected chi connectivity index (χ2v) is 5.24. The van der Waals surface area contributed by atoms with Crippen molar-refractivity contribution in [1.82, 2.24) is 15.3 Å². The van der Waals surface area contributed by atoms with Crippen molar-refractivity contribution in [3.63, 3.8) is 0 Å². The highest BCUT2D eigenvalue weighted by Crippen LogP contribution is 2.30. The molecule has 1 unspecified atom stereocenters. The maximum atomic E-state index is 12.1. The van der Waals surface area contributed by atoms with Gasteiger partial charge in [0.25, 0.3) is 0 Å². The molecule has 0 aromatic rings. The van der Waals surface area contributed by atoms with E-state index in [0.29, 0.717) is 18.0 Å². The van der Waals surface area contributed by atoms with Crippen LogP contribution in [0.15, 0.2) is 0 Å². The summed E-state index contributed by atoms with van der Waals surface area (Å²) < 4.78 is 0. The fraction of sp³-hybridized carbons (Fsp3) is 0.917. The molecular formula is C12H21N3O. The lowest BCUT2D eigenvalue weighted by Gasteiger charge is -2.48. The van der Waals surface area contributed by atoms with E-state index < -0.39 is 0 Å². The number of rotatable bonds is 2. The SMILES string of the molecule is O=C1CCCN(C2CCC2)N1C1CCNC1.